The number of hydrogen-bond acceptors (Lipinski definition) is 3. The zero-order valence-corrected chi connectivity index (χ0v) is 19.2. The van der Waals surface area contributed by atoms with E-state index in [1.54, 1.807) is 18.2 Å². The third-order valence-corrected chi connectivity index (χ3v) is 6.14. The Morgan fingerprint density at radius 3 is 2.65 bits per heavy atom. The first-order valence-corrected chi connectivity index (χ1v) is 11.3. The molecule has 5 rings (SSSR count). The molecule has 0 aliphatic carbocycles. The van der Waals surface area contributed by atoms with Crippen molar-refractivity contribution in [2.45, 2.75) is 13.0 Å². The summed E-state index contributed by atoms with van der Waals surface area (Å²) < 4.78 is 0. The number of fused-ring (bicyclic) bond motifs is 1. The Morgan fingerprint density at radius 1 is 1.06 bits per heavy atom. The van der Waals surface area contributed by atoms with Gasteiger partial charge >= 0.3 is 0 Å². The quantitative estimate of drug-likeness (QED) is 0.258. The fraction of sp³-hybridized carbons (Fsp3) is 0.111. The van der Waals surface area contributed by atoms with Crippen LogP contribution in [0.2, 0.25) is 5.02 Å². The van der Waals surface area contributed by atoms with Crippen LogP contribution in [0.3, 0.4) is 0 Å². The van der Waals surface area contributed by atoms with E-state index >= 15 is 0 Å². The van der Waals surface area contributed by atoms with Gasteiger partial charge in [-0.1, -0.05) is 54.1 Å². The summed E-state index contributed by atoms with van der Waals surface area (Å²) in [6, 6.07) is 20.6. The number of carbonyl (C=O) groups is 1. The van der Waals surface area contributed by atoms with Gasteiger partial charge in [0.25, 0.3) is 5.91 Å². The van der Waals surface area contributed by atoms with E-state index in [-0.39, 0.29) is 12.5 Å². The molecular weight excluding hydrogens is 448 g/mol. The minimum Gasteiger partial charge on any atom is -0.394 e. The van der Waals surface area contributed by atoms with Crippen molar-refractivity contribution in [3.63, 3.8) is 0 Å². The number of aliphatic hydroxyl groups excluding tert-OH is 1. The number of carbonyl (C=O) groups excluding carboxylic acids is 1. The van der Waals surface area contributed by atoms with E-state index in [0.29, 0.717) is 10.7 Å². The van der Waals surface area contributed by atoms with Gasteiger partial charge in [-0.25, -0.2) is 4.98 Å². The number of amides is 1. The molecule has 1 amide bonds. The Hall–Kier alpha value is -3.87. The first kappa shape index (κ1) is 21.9. The van der Waals surface area contributed by atoms with Gasteiger partial charge in [-0.05, 0) is 42.3 Å². The van der Waals surface area contributed by atoms with E-state index in [4.69, 9.17) is 11.6 Å². The minimum atomic E-state index is -0.564. The molecule has 0 saturated heterocycles. The Labute approximate surface area is 201 Å². The summed E-state index contributed by atoms with van der Waals surface area (Å²) in [5, 5.41) is 14.2. The van der Waals surface area contributed by atoms with Crippen LogP contribution in [-0.2, 0) is 0 Å². The fourth-order valence-electron chi connectivity index (χ4n) is 4.22. The van der Waals surface area contributed by atoms with Crippen molar-refractivity contribution < 1.29 is 9.90 Å². The zero-order chi connectivity index (χ0) is 23.7. The predicted octanol–water partition coefficient (Wildman–Crippen LogP) is 5.65. The molecule has 0 spiro atoms. The van der Waals surface area contributed by atoms with Crippen LogP contribution in [0.15, 0.2) is 79.1 Å². The number of halogens is 1. The van der Waals surface area contributed by atoms with Crippen LogP contribution in [0, 0.1) is 6.92 Å². The van der Waals surface area contributed by atoms with E-state index in [2.05, 4.69) is 38.5 Å². The monoisotopic (exact) mass is 470 g/mol. The van der Waals surface area contributed by atoms with Gasteiger partial charge in [0, 0.05) is 45.2 Å². The van der Waals surface area contributed by atoms with Gasteiger partial charge in [-0.3, -0.25) is 4.79 Å². The highest BCUT2D eigenvalue weighted by molar-refractivity contribution is 6.30. The van der Waals surface area contributed by atoms with E-state index in [9.17, 15) is 9.90 Å². The summed E-state index contributed by atoms with van der Waals surface area (Å²) in [5.74, 6) is -0.314. The molecule has 5 aromatic rings. The van der Waals surface area contributed by atoms with Gasteiger partial charge in [0.05, 0.1) is 12.6 Å². The van der Waals surface area contributed by atoms with E-state index < -0.39 is 6.04 Å². The Bertz CT molecular complexity index is 1470. The lowest BCUT2D eigenvalue weighted by atomic mass is 10.0. The lowest BCUT2D eigenvalue weighted by Gasteiger charge is -2.16. The highest BCUT2D eigenvalue weighted by atomic mass is 35.5. The number of benzene rings is 2. The highest BCUT2D eigenvalue weighted by Gasteiger charge is 2.19. The SMILES string of the molecule is Cc1[nH]c2ncc(-c3ccccc3)cc2c1-c1c[nH]c(C(=O)N[C@H](CO)c2cccc(Cl)c2)c1. The molecular formula is C27H23ClN4O2. The topological polar surface area (TPSA) is 93.8 Å². The zero-order valence-electron chi connectivity index (χ0n) is 18.5. The molecule has 2 aromatic carbocycles. The summed E-state index contributed by atoms with van der Waals surface area (Å²) >= 11 is 6.06. The molecule has 0 bridgehead atoms. The number of aliphatic hydroxyl groups is 1. The Kier molecular flexibility index (Phi) is 5.92. The minimum absolute atomic E-state index is 0.241. The number of hydrogen-bond donors (Lipinski definition) is 4. The van der Waals surface area contributed by atoms with Gasteiger partial charge in [0.1, 0.15) is 11.3 Å². The first-order chi connectivity index (χ1) is 16.5. The molecule has 4 N–H and O–H groups in total. The molecule has 0 fully saturated rings. The summed E-state index contributed by atoms with van der Waals surface area (Å²) in [6.45, 7) is 1.75. The normalized spacial score (nSPS) is 12.1. The van der Waals surface area contributed by atoms with Gasteiger partial charge in [-0.15, -0.1) is 0 Å². The van der Waals surface area contributed by atoms with Crippen molar-refractivity contribution in [2.75, 3.05) is 6.61 Å². The van der Waals surface area contributed by atoms with Gasteiger partial charge in [0.2, 0.25) is 0 Å². The average molecular weight is 471 g/mol. The largest absolute Gasteiger partial charge is 0.394 e. The van der Waals surface area contributed by atoms with Crippen molar-refractivity contribution in [3.05, 3.63) is 101 Å². The van der Waals surface area contributed by atoms with E-state index in [0.717, 1.165) is 44.5 Å². The van der Waals surface area contributed by atoms with Crippen molar-refractivity contribution >= 4 is 28.5 Å². The fourth-order valence-corrected chi connectivity index (χ4v) is 4.42. The number of nitrogens with one attached hydrogen (secondary N) is 3. The number of nitrogens with zero attached hydrogens (tertiary/aromatic N) is 1. The maximum atomic E-state index is 12.9. The van der Waals surface area contributed by atoms with Gasteiger partial charge in [-0.2, -0.15) is 0 Å². The molecule has 3 heterocycles. The standard InChI is InChI=1S/C27H23ClN4O2/c1-16-25(22-11-19(13-30-26(22)31-16)17-6-3-2-4-7-17)20-12-23(29-14-20)27(34)32-24(15-33)18-8-5-9-21(28)10-18/h2-14,24,29,33H,15H2,1H3,(H,30,31)(H,32,34)/t24-/m1/s1. The van der Waals surface area contributed by atoms with Crippen LogP contribution in [-0.4, -0.2) is 32.6 Å². The molecule has 3 aromatic heterocycles. The molecule has 0 radical (unpaired) electrons. The van der Waals surface area contributed by atoms with E-state index in [1.807, 2.05) is 49.6 Å². The molecule has 170 valence electrons. The van der Waals surface area contributed by atoms with E-state index in [1.165, 1.54) is 0 Å². The van der Waals surface area contributed by atoms with Gasteiger partial charge in [0.15, 0.2) is 0 Å². The van der Waals surface area contributed by atoms with Crippen LogP contribution >= 0.6 is 11.6 Å². The number of H-pyrrole nitrogens is 2. The van der Waals surface area contributed by atoms with Crippen LogP contribution in [0.4, 0.5) is 0 Å². The third kappa shape index (κ3) is 4.21. The summed E-state index contributed by atoms with van der Waals surface area (Å²) in [7, 11) is 0. The molecule has 0 saturated carbocycles. The number of pyridine rings is 1. The average Bonchev–Trinajstić information content (AvgIpc) is 3.46. The second-order valence-corrected chi connectivity index (χ2v) is 8.61. The van der Waals surface area contributed by atoms with Crippen molar-refractivity contribution in [3.8, 4) is 22.3 Å². The number of aromatic nitrogens is 3. The molecule has 0 unspecified atom stereocenters. The van der Waals surface area contributed by atoms with Crippen molar-refractivity contribution in [1.82, 2.24) is 20.3 Å². The van der Waals surface area contributed by atoms with Crippen molar-refractivity contribution in [2.24, 2.45) is 0 Å². The van der Waals surface area contributed by atoms with Gasteiger partial charge < -0.3 is 20.4 Å². The number of aryl methyl sites for hydroxylation is 1. The van der Waals surface area contributed by atoms with Crippen LogP contribution in [0.25, 0.3) is 33.3 Å². The number of rotatable bonds is 6. The molecule has 0 aliphatic rings. The second-order valence-electron chi connectivity index (χ2n) is 8.18. The smallest absolute Gasteiger partial charge is 0.268 e. The molecule has 34 heavy (non-hydrogen) atoms. The van der Waals surface area contributed by atoms with Crippen LogP contribution in [0.5, 0.6) is 0 Å². The maximum Gasteiger partial charge on any atom is 0.268 e. The van der Waals surface area contributed by atoms with Crippen LogP contribution in [0.1, 0.15) is 27.8 Å². The third-order valence-electron chi connectivity index (χ3n) is 5.90. The Morgan fingerprint density at radius 2 is 1.88 bits per heavy atom. The maximum absolute atomic E-state index is 12.9. The van der Waals surface area contributed by atoms with Crippen LogP contribution < -0.4 is 5.32 Å². The lowest BCUT2D eigenvalue weighted by molar-refractivity contribution is 0.0911. The highest BCUT2D eigenvalue weighted by Crippen LogP contribution is 2.34. The predicted molar refractivity (Wildman–Crippen MR) is 135 cm³/mol. The number of aromatic amines is 2. The summed E-state index contributed by atoms with van der Waals surface area (Å²) in [5.41, 5.74) is 6.87. The summed E-state index contributed by atoms with van der Waals surface area (Å²) in [4.78, 5) is 24.0. The first-order valence-electron chi connectivity index (χ1n) is 10.9. The lowest BCUT2D eigenvalue weighted by Crippen LogP contribution is -2.31. The molecule has 0 aliphatic heterocycles. The Balaban J connectivity index is 1.45. The molecule has 1 atom stereocenters. The molecule has 6 nitrogen and oxygen atoms in total. The van der Waals surface area contributed by atoms with Crippen molar-refractivity contribution in [1.29, 1.82) is 0 Å². The second kappa shape index (κ2) is 9.17. The summed E-state index contributed by atoms with van der Waals surface area (Å²) in [6.07, 6.45) is 3.67. The molecule has 7 heteroatoms.